The molecule has 3 aromatic rings. The van der Waals surface area contributed by atoms with Crippen molar-refractivity contribution in [2.24, 2.45) is 0 Å². The number of rotatable bonds is 3. The van der Waals surface area contributed by atoms with E-state index in [1.54, 1.807) is 11.0 Å². The summed E-state index contributed by atoms with van der Waals surface area (Å²) in [6, 6.07) is 11.7. The molecule has 2 aromatic heterocycles. The van der Waals surface area contributed by atoms with E-state index in [-0.39, 0.29) is 0 Å². The fourth-order valence-corrected chi connectivity index (χ4v) is 1.59. The number of aromatic nitrogens is 1. The maximum absolute atomic E-state index is 5.50. The van der Waals surface area contributed by atoms with Gasteiger partial charge in [0.05, 0.1) is 12.5 Å². The fourth-order valence-electron chi connectivity index (χ4n) is 1.59. The van der Waals surface area contributed by atoms with Gasteiger partial charge in [-0.3, -0.25) is 0 Å². The first-order valence-corrected chi connectivity index (χ1v) is 5.07. The molecule has 3 rings (SSSR count). The third kappa shape index (κ3) is 1.67. The molecule has 3 heteroatoms. The van der Waals surface area contributed by atoms with Crippen LogP contribution in [0.1, 0.15) is 5.76 Å². The van der Waals surface area contributed by atoms with Gasteiger partial charge in [-0.2, -0.15) is 4.73 Å². The number of furan rings is 1. The van der Waals surface area contributed by atoms with Crippen molar-refractivity contribution in [1.29, 1.82) is 0 Å². The molecule has 0 amide bonds. The highest BCUT2D eigenvalue weighted by Crippen LogP contribution is 2.13. The van der Waals surface area contributed by atoms with Crippen molar-refractivity contribution >= 4 is 10.8 Å². The van der Waals surface area contributed by atoms with E-state index in [0.717, 1.165) is 16.5 Å². The summed E-state index contributed by atoms with van der Waals surface area (Å²) in [5, 5.41) is 2.16. The van der Waals surface area contributed by atoms with Gasteiger partial charge >= 0.3 is 0 Å². The predicted molar refractivity (Wildman–Crippen MR) is 59.8 cm³/mol. The molecule has 3 nitrogen and oxygen atoms in total. The molecule has 1 radical (unpaired) electrons. The standard InChI is InChI=1S/C13H10NO2/c1-2-5-12-9-14(8-11(12)4-1)16-10-13-6-3-7-15-13/h1-8H,10H2. The molecule has 0 aliphatic carbocycles. The van der Waals surface area contributed by atoms with Crippen LogP contribution in [-0.2, 0) is 6.61 Å². The fraction of sp³-hybridized carbons (Fsp3) is 0.0769. The Bertz CT molecular complexity index is 548. The molecule has 0 saturated heterocycles. The number of hydrogen-bond acceptors (Lipinski definition) is 2. The molecule has 0 aliphatic heterocycles. The van der Waals surface area contributed by atoms with E-state index in [1.165, 1.54) is 0 Å². The van der Waals surface area contributed by atoms with Crippen LogP contribution in [0.2, 0.25) is 0 Å². The van der Waals surface area contributed by atoms with Crippen LogP contribution in [0.4, 0.5) is 0 Å². The molecule has 0 N–H and O–H groups in total. The Kier molecular flexibility index (Phi) is 2.14. The summed E-state index contributed by atoms with van der Waals surface area (Å²) < 4.78 is 6.77. The smallest absolute Gasteiger partial charge is 0.172 e. The zero-order chi connectivity index (χ0) is 10.8. The zero-order valence-electron chi connectivity index (χ0n) is 8.59. The lowest BCUT2D eigenvalue weighted by molar-refractivity contribution is 0.0848. The summed E-state index contributed by atoms with van der Waals surface area (Å²) >= 11 is 0. The number of nitrogens with zero attached hydrogens (tertiary/aromatic N) is 1. The first-order chi connectivity index (χ1) is 7.92. The van der Waals surface area contributed by atoms with E-state index < -0.39 is 0 Å². The molecule has 0 saturated carbocycles. The molecule has 0 bridgehead atoms. The molecule has 0 atom stereocenters. The van der Waals surface area contributed by atoms with Crippen LogP contribution < -0.4 is 4.84 Å². The van der Waals surface area contributed by atoms with Crippen molar-refractivity contribution in [3.8, 4) is 0 Å². The summed E-state index contributed by atoms with van der Waals surface area (Å²) in [6.45, 7) is 0.407. The quantitative estimate of drug-likeness (QED) is 0.667. The molecular formula is C13H10NO2. The highest BCUT2D eigenvalue weighted by molar-refractivity contribution is 5.81. The maximum Gasteiger partial charge on any atom is 0.172 e. The molecule has 0 spiro atoms. The Balaban J connectivity index is 1.79. The third-order valence-corrected chi connectivity index (χ3v) is 2.37. The summed E-state index contributed by atoms with van der Waals surface area (Å²) in [7, 11) is 0. The van der Waals surface area contributed by atoms with Gasteiger partial charge in [0.2, 0.25) is 0 Å². The van der Waals surface area contributed by atoms with E-state index in [2.05, 4.69) is 6.20 Å². The Morgan fingerprint density at radius 2 is 2.12 bits per heavy atom. The van der Waals surface area contributed by atoms with Gasteiger partial charge in [0.25, 0.3) is 0 Å². The first kappa shape index (κ1) is 9.09. The lowest BCUT2D eigenvalue weighted by Gasteiger charge is -2.02. The van der Waals surface area contributed by atoms with Gasteiger partial charge in [0.1, 0.15) is 12.0 Å². The average molecular weight is 212 g/mol. The normalized spacial score (nSPS) is 10.8. The SMILES string of the molecule is [c]1c2ccccc2cn1OCc1ccco1. The monoisotopic (exact) mass is 212 g/mol. The largest absolute Gasteiger partial charge is 0.466 e. The Hall–Kier alpha value is -2.16. The van der Waals surface area contributed by atoms with E-state index in [1.807, 2.05) is 42.6 Å². The third-order valence-electron chi connectivity index (χ3n) is 2.37. The minimum Gasteiger partial charge on any atom is -0.466 e. The second kappa shape index (κ2) is 3.77. The van der Waals surface area contributed by atoms with Gasteiger partial charge < -0.3 is 9.25 Å². The van der Waals surface area contributed by atoms with E-state index in [9.17, 15) is 0 Å². The second-order valence-corrected chi connectivity index (χ2v) is 3.51. The summed E-state index contributed by atoms with van der Waals surface area (Å²) in [5.74, 6) is 0.797. The molecular weight excluding hydrogens is 202 g/mol. The Labute approximate surface area is 92.8 Å². The first-order valence-electron chi connectivity index (χ1n) is 5.07. The molecule has 1 aromatic carbocycles. The summed E-state index contributed by atoms with van der Waals surface area (Å²) in [4.78, 5) is 5.50. The average Bonchev–Trinajstić information content (AvgIpc) is 2.95. The van der Waals surface area contributed by atoms with Crippen molar-refractivity contribution in [1.82, 2.24) is 4.73 Å². The van der Waals surface area contributed by atoms with Gasteiger partial charge in [-0.25, -0.2) is 0 Å². The Morgan fingerprint density at radius 3 is 2.94 bits per heavy atom. The van der Waals surface area contributed by atoms with Crippen LogP contribution in [0.15, 0.2) is 53.3 Å². The van der Waals surface area contributed by atoms with Crippen molar-refractivity contribution in [3.63, 3.8) is 0 Å². The zero-order valence-corrected chi connectivity index (χ0v) is 8.59. The van der Waals surface area contributed by atoms with Gasteiger partial charge in [-0.1, -0.05) is 24.3 Å². The maximum atomic E-state index is 5.50. The van der Waals surface area contributed by atoms with Gasteiger partial charge in [-0.05, 0) is 12.1 Å². The highest BCUT2D eigenvalue weighted by atomic mass is 16.7. The lowest BCUT2D eigenvalue weighted by Crippen LogP contribution is -2.08. The van der Waals surface area contributed by atoms with Crippen LogP contribution >= 0.6 is 0 Å². The van der Waals surface area contributed by atoms with Crippen LogP contribution in [0.3, 0.4) is 0 Å². The molecule has 16 heavy (non-hydrogen) atoms. The second-order valence-electron chi connectivity index (χ2n) is 3.51. The number of hydrogen-bond donors (Lipinski definition) is 0. The van der Waals surface area contributed by atoms with E-state index in [0.29, 0.717) is 6.61 Å². The minimum atomic E-state index is 0.407. The van der Waals surface area contributed by atoms with Gasteiger partial charge in [0.15, 0.2) is 6.61 Å². The van der Waals surface area contributed by atoms with Gasteiger partial charge in [-0.15, -0.1) is 0 Å². The van der Waals surface area contributed by atoms with Crippen molar-refractivity contribution in [2.75, 3.05) is 0 Å². The summed E-state index contributed by atoms with van der Waals surface area (Å²) in [5.41, 5.74) is 0. The lowest BCUT2D eigenvalue weighted by atomic mass is 10.2. The molecule has 0 unspecified atom stereocenters. The molecule has 0 fully saturated rings. The van der Waals surface area contributed by atoms with Crippen LogP contribution in [0, 0.1) is 6.20 Å². The van der Waals surface area contributed by atoms with Crippen molar-refractivity contribution in [2.45, 2.75) is 6.61 Å². The minimum absolute atomic E-state index is 0.407. The van der Waals surface area contributed by atoms with E-state index in [4.69, 9.17) is 9.25 Å². The summed E-state index contributed by atoms with van der Waals surface area (Å²) in [6.07, 6.45) is 6.65. The molecule has 2 heterocycles. The van der Waals surface area contributed by atoms with Crippen LogP contribution in [0.25, 0.3) is 10.8 Å². The molecule has 79 valence electrons. The Morgan fingerprint density at radius 1 is 1.19 bits per heavy atom. The van der Waals surface area contributed by atoms with Crippen LogP contribution in [-0.4, -0.2) is 4.73 Å². The number of benzene rings is 1. The van der Waals surface area contributed by atoms with Gasteiger partial charge in [0, 0.05) is 10.8 Å². The number of fused-ring (bicyclic) bond motifs is 1. The highest BCUT2D eigenvalue weighted by Gasteiger charge is 2.00. The van der Waals surface area contributed by atoms with Crippen molar-refractivity contribution in [3.05, 3.63) is 60.8 Å². The van der Waals surface area contributed by atoms with Crippen molar-refractivity contribution < 1.29 is 9.25 Å². The van der Waals surface area contributed by atoms with Crippen LogP contribution in [0.5, 0.6) is 0 Å². The predicted octanol–water partition coefficient (Wildman–Crippen LogP) is 2.66. The molecule has 0 aliphatic rings. The topological polar surface area (TPSA) is 27.3 Å². The van der Waals surface area contributed by atoms with E-state index >= 15 is 0 Å².